The molecule has 0 unspecified atom stereocenters. The number of aryl methyl sites for hydroxylation is 1. The predicted molar refractivity (Wildman–Crippen MR) is 79.1 cm³/mol. The number of carbonyl (C=O) groups is 1. The Morgan fingerprint density at radius 2 is 2.20 bits per heavy atom. The Kier molecular flexibility index (Phi) is 3.42. The first-order valence-corrected chi connectivity index (χ1v) is 7.37. The van der Waals surface area contributed by atoms with Crippen molar-refractivity contribution in [3.8, 4) is 5.75 Å². The summed E-state index contributed by atoms with van der Waals surface area (Å²) in [5.41, 5.74) is 8.19. The number of methoxy groups -OCH3 is 1. The number of anilines is 1. The average molecular weight is 274 g/mol. The second-order valence-electron chi connectivity index (χ2n) is 6.04. The van der Waals surface area contributed by atoms with Crippen LogP contribution in [-0.2, 0) is 11.2 Å². The highest BCUT2D eigenvalue weighted by atomic mass is 16.5. The molecule has 1 heterocycles. The van der Waals surface area contributed by atoms with E-state index in [0.717, 1.165) is 50.1 Å². The number of nitrogens with zero attached hydrogens (tertiary/aromatic N) is 1. The summed E-state index contributed by atoms with van der Waals surface area (Å²) in [7, 11) is 1.67. The molecule has 1 aliphatic carbocycles. The lowest BCUT2D eigenvalue weighted by Gasteiger charge is -2.40. The third kappa shape index (κ3) is 2.40. The van der Waals surface area contributed by atoms with E-state index in [1.54, 1.807) is 7.11 Å². The highest BCUT2D eigenvalue weighted by Crippen LogP contribution is 2.35. The number of carbonyl (C=O) groups excluding carboxylic acids is 1. The lowest BCUT2D eigenvalue weighted by Crippen LogP contribution is -2.51. The van der Waals surface area contributed by atoms with E-state index in [1.807, 2.05) is 23.1 Å². The molecule has 0 aromatic heterocycles. The number of nitrogens with two attached hydrogens (primary N) is 1. The second kappa shape index (κ2) is 5.09. The molecule has 1 aromatic rings. The van der Waals surface area contributed by atoms with Crippen molar-refractivity contribution in [3.63, 3.8) is 0 Å². The molecule has 1 fully saturated rings. The van der Waals surface area contributed by atoms with Gasteiger partial charge in [0.1, 0.15) is 5.75 Å². The summed E-state index contributed by atoms with van der Waals surface area (Å²) in [5.74, 6) is 1.02. The maximum Gasteiger partial charge on any atom is 0.228 e. The van der Waals surface area contributed by atoms with Gasteiger partial charge in [-0.05, 0) is 55.9 Å². The normalized spacial score (nSPS) is 20.0. The van der Waals surface area contributed by atoms with Crippen LogP contribution in [0, 0.1) is 0 Å². The Bertz CT molecular complexity index is 523. The first-order chi connectivity index (χ1) is 9.61. The molecule has 2 aliphatic rings. The SMILES string of the molecule is COc1ccc2c(c1)CCCN2C(=O)CC1(N)CCC1. The number of fused-ring (bicyclic) bond motifs is 1. The molecule has 1 saturated carbocycles. The molecule has 3 rings (SSSR count). The summed E-state index contributed by atoms with van der Waals surface area (Å²) in [6.07, 6.45) is 5.58. The van der Waals surface area contributed by atoms with Crippen LogP contribution in [0.25, 0.3) is 0 Å². The van der Waals surface area contributed by atoms with Crippen LogP contribution in [0.15, 0.2) is 18.2 Å². The van der Waals surface area contributed by atoms with E-state index in [9.17, 15) is 4.79 Å². The minimum absolute atomic E-state index is 0.165. The van der Waals surface area contributed by atoms with Crippen molar-refractivity contribution < 1.29 is 9.53 Å². The molecule has 1 aromatic carbocycles. The minimum Gasteiger partial charge on any atom is -0.497 e. The van der Waals surface area contributed by atoms with Gasteiger partial charge in [0.05, 0.1) is 7.11 Å². The van der Waals surface area contributed by atoms with Crippen molar-refractivity contribution in [2.24, 2.45) is 5.73 Å². The summed E-state index contributed by atoms with van der Waals surface area (Å²) in [4.78, 5) is 14.4. The molecule has 2 N–H and O–H groups in total. The van der Waals surface area contributed by atoms with Crippen LogP contribution in [0.1, 0.15) is 37.7 Å². The van der Waals surface area contributed by atoms with Crippen molar-refractivity contribution in [2.75, 3.05) is 18.6 Å². The maximum absolute atomic E-state index is 12.5. The van der Waals surface area contributed by atoms with Gasteiger partial charge in [0.15, 0.2) is 0 Å². The Labute approximate surface area is 119 Å². The quantitative estimate of drug-likeness (QED) is 0.919. The third-order valence-electron chi connectivity index (χ3n) is 4.56. The summed E-state index contributed by atoms with van der Waals surface area (Å²) in [6, 6.07) is 5.96. The van der Waals surface area contributed by atoms with Crippen LogP contribution in [-0.4, -0.2) is 25.1 Å². The highest BCUT2D eigenvalue weighted by molar-refractivity contribution is 5.95. The van der Waals surface area contributed by atoms with E-state index in [2.05, 4.69) is 0 Å². The molecule has 0 bridgehead atoms. The molecule has 108 valence electrons. The molecule has 0 saturated heterocycles. The maximum atomic E-state index is 12.5. The van der Waals surface area contributed by atoms with Crippen molar-refractivity contribution >= 4 is 11.6 Å². The fourth-order valence-electron chi connectivity index (χ4n) is 3.16. The summed E-state index contributed by atoms with van der Waals surface area (Å²) in [5, 5.41) is 0. The van der Waals surface area contributed by atoms with Gasteiger partial charge in [0.25, 0.3) is 0 Å². The van der Waals surface area contributed by atoms with Crippen molar-refractivity contribution in [3.05, 3.63) is 23.8 Å². The van der Waals surface area contributed by atoms with E-state index in [4.69, 9.17) is 10.5 Å². The number of amides is 1. The summed E-state index contributed by atoms with van der Waals surface area (Å²) >= 11 is 0. The molecule has 1 aliphatic heterocycles. The van der Waals surface area contributed by atoms with Crippen molar-refractivity contribution in [2.45, 2.75) is 44.1 Å². The van der Waals surface area contributed by atoms with Gasteiger partial charge in [-0.3, -0.25) is 4.79 Å². The zero-order valence-electron chi connectivity index (χ0n) is 12.0. The van der Waals surface area contributed by atoms with E-state index in [-0.39, 0.29) is 11.4 Å². The van der Waals surface area contributed by atoms with E-state index < -0.39 is 0 Å². The molecular weight excluding hydrogens is 252 g/mol. The van der Waals surface area contributed by atoms with Crippen LogP contribution in [0.2, 0.25) is 0 Å². The average Bonchev–Trinajstić information content (AvgIpc) is 2.44. The second-order valence-corrected chi connectivity index (χ2v) is 6.04. The van der Waals surface area contributed by atoms with E-state index in [1.165, 1.54) is 5.56 Å². The number of hydrogen-bond donors (Lipinski definition) is 1. The predicted octanol–water partition coefficient (Wildman–Crippen LogP) is 2.25. The zero-order valence-corrected chi connectivity index (χ0v) is 12.0. The molecule has 0 radical (unpaired) electrons. The number of ether oxygens (including phenoxy) is 1. The van der Waals surface area contributed by atoms with Crippen molar-refractivity contribution in [1.29, 1.82) is 0 Å². The molecule has 0 atom stereocenters. The van der Waals surface area contributed by atoms with Crippen LogP contribution in [0.3, 0.4) is 0 Å². The standard InChI is InChI=1S/C16H22N2O2/c1-20-13-5-6-14-12(10-13)4-2-9-18(14)15(19)11-16(17)7-3-8-16/h5-6,10H,2-4,7-9,11,17H2,1H3. The first-order valence-electron chi connectivity index (χ1n) is 7.37. The van der Waals surface area contributed by atoms with E-state index >= 15 is 0 Å². The molecular formula is C16H22N2O2. The monoisotopic (exact) mass is 274 g/mol. The summed E-state index contributed by atoms with van der Waals surface area (Å²) in [6.45, 7) is 0.800. The fourth-order valence-corrected chi connectivity index (χ4v) is 3.16. The Morgan fingerprint density at radius 1 is 1.40 bits per heavy atom. The molecule has 4 heteroatoms. The Balaban J connectivity index is 1.80. The number of hydrogen-bond acceptors (Lipinski definition) is 3. The molecule has 4 nitrogen and oxygen atoms in total. The van der Waals surface area contributed by atoms with E-state index in [0.29, 0.717) is 6.42 Å². The molecule has 20 heavy (non-hydrogen) atoms. The largest absolute Gasteiger partial charge is 0.497 e. The topological polar surface area (TPSA) is 55.6 Å². The number of rotatable bonds is 3. The number of benzene rings is 1. The third-order valence-corrected chi connectivity index (χ3v) is 4.56. The molecule has 1 amide bonds. The van der Waals surface area contributed by atoms with Gasteiger partial charge >= 0.3 is 0 Å². The lowest BCUT2D eigenvalue weighted by molar-refractivity contribution is -0.120. The Hall–Kier alpha value is -1.55. The fraction of sp³-hybridized carbons (Fsp3) is 0.562. The van der Waals surface area contributed by atoms with Crippen LogP contribution < -0.4 is 15.4 Å². The van der Waals surface area contributed by atoms with Crippen molar-refractivity contribution in [1.82, 2.24) is 0 Å². The van der Waals surface area contributed by atoms with Gasteiger partial charge in [0.2, 0.25) is 5.91 Å². The highest BCUT2D eigenvalue weighted by Gasteiger charge is 2.36. The smallest absolute Gasteiger partial charge is 0.228 e. The van der Waals surface area contributed by atoms with Gasteiger partial charge in [0, 0.05) is 24.2 Å². The van der Waals surface area contributed by atoms with Crippen LogP contribution >= 0.6 is 0 Å². The first kappa shape index (κ1) is 13.4. The lowest BCUT2D eigenvalue weighted by atomic mass is 9.75. The molecule has 0 spiro atoms. The Morgan fingerprint density at radius 3 is 2.85 bits per heavy atom. The van der Waals surface area contributed by atoms with Gasteiger partial charge < -0.3 is 15.4 Å². The van der Waals surface area contributed by atoms with Gasteiger partial charge in [-0.2, -0.15) is 0 Å². The minimum atomic E-state index is -0.249. The van der Waals surface area contributed by atoms with Crippen LogP contribution in [0.4, 0.5) is 5.69 Å². The van der Waals surface area contributed by atoms with Gasteiger partial charge in [-0.15, -0.1) is 0 Å². The van der Waals surface area contributed by atoms with Gasteiger partial charge in [-0.1, -0.05) is 0 Å². The van der Waals surface area contributed by atoms with Crippen LogP contribution in [0.5, 0.6) is 5.75 Å². The van der Waals surface area contributed by atoms with Gasteiger partial charge in [-0.25, -0.2) is 0 Å². The zero-order chi connectivity index (χ0) is 14.2. The summed E-state index contributed by atoms with van der Waals surface area (Å²) < 4.78 is 5.26.